The van der Waals surface area contributed by atoms with Crippen molar-refractivity contribution in [3.8, 4) is 0 Å². The Labute approximate surface area is 374 Å². The van der Waals surface area contributed by atoms with Crippen LogP contribution < -0.4 is 14.3 Å². The molecule has 0 amide bonds. The van der Waals surface area contributed by atoms with Gasteiger partial charge in [0.1, 0.15) is 11.6 Å². The number of halogens is 2. The first-order valence-electron chi connectivity index (χ1n) is 21.4. The SMILES string of the molecule is COC(=O)c1ccc(CN(c2ccccc2)S(=O)(=O)C2CCN(C3COC3)CC2)c(F)c1.NCC(=O)c1ccc(CN(c2ccccc2)S(=O)(=O)C2CCN(C3COC3)CC2)c(F)c1. The van der Waals surface area contributed by atoms with E-state index in [4.69, 9.17) is 15.2 Å². The first-order chi connectivity index (χ1) is 30.8. The van der Waals surface area contributed by atoms with Gasteiger partial charge in [-0.3, -0.25) is 23.2 Å². The van der Waals surface area contributed by atoms with Crippen LogP contribution in [0.4, 0.5) is 20.2 Å². The van der Waals surface area contributed by atoms with Gasteiger partial charge in [0.15, 0.2) is 5.78 Å². The van der Waals surface area contributed by atoms with Crippen LogP contribution in [-0.2, 0) is 47.3 Å². The number of carbonyl (C=O) groups excluding carboxylic acids is 2. The molecule has 4 aliphatic rings. The Morgan fingerprint density at radius 2 is 1.03 bits per heavy atom. The van der Waals surface area contributed by atoms with Crippen LogP contribution in [0.1, 0.15) is 57.5 Å². The van der Waals surface area contributed by atoms with E-state index in [0.29, 0.717) is 102 Å². The third-order valence-corrected chi connectivity index (χ3v) is 17.0. The van der Waals surface area contributed by atoms with E-state index in [1.54, 1.807) is 60.7 Å². The zero-order chi connectivity index (χ0) is 45.4. The molecule has 0 spiro atoms. The maximum absolute atomic E-state index is 14.8. The summed E-state index contributed by atoms with van der Waals surface area (Å²) in [5.41, 5.74) is 6.98. The number of piperidine rings is 2. The highest BCUT2D eigenvalue weighted by Gasteiger charge is 2.40. The molecule has 18 heteroatoms. The number of hydrogen-bond acceptors (Lipinski definition) is 12. The summed E-state index contributed by atoms with van der Waals surface area (Å²) in [5, 5.41) is -1.08. The van der Waals surface area contributed by atoms with Gasteiger partial charge in [-0.05, 0) is 94.3 Å². The highest BCUT2D eigenvalue weighted by atomic mass is 32.2. The van der Waals surface area contributed by atoms with Crippen molar-refractivity contribution in [2.75, 3.05) is 74.9 Å². The second kappa shape index (κ2) is 21.0. The smallest absolute Gasteiger partial charge is 0.337 e. The lowest BCUT2D eigenvalue weighted by Gasteiger charge is -2.42. The summed E-state index contributed by atoms with van der Waals surface area (Å²) >= 11 is 0. The molecule has 0 bridgehead atoms. The molecule has 0 aromatic heterocycles. The summed E-state index contributed by atoms with van der Waals surface area (Å²) in [4.78, 5) is 28.0. The van der Waals surface area contributed by atoms with Gasteiger partial charge in [-0.15, -0.1) is 0 Å². The van der Waals surface area contributed by atoms with Gasteiger partial charge in [-0.1, -0.05) is 54.6 Å². The first kappa shape index (κ1) is 47.2. The monoisotopic (exact) mass is 923 g/mol. The highest BCUT2D eigenvalue weighted by Crippen LogP contribution is 2.32. The lowest BCUT2D eigenvalue weighted by Crippen LogP contribution is -2.54. The Morgan fingerprint density at radius 1 is 0.641 bits per heavy atom. The van der Waals surface area contributed by atoms with E-state index in [9.17, 15) is 35.2 Å². The number of anilines is 2. The number of hydrogen-bond donors (Lipinski definition) is 1. The molecule has 0 saturated carbocycles. The third-order valence-electron chi connectivity index (χ3n) is 12.4. The number of ether oxygens (including phenoxy) is 3. The van der Waals surface area contributed by atoms with E-state index in [2.05, 4.69) is 14.5 Å². The van der Waals surface area contributed by atoms with Gasteiger partial charge in [0.2, 0.25) is 20.0 Å². The number of esters is 1. The maximum Gasteiger partial charge on any atom is 0.337 e. The zero-order valence-corrected chi connectivity index (χ0v) is 37.4. The predicted molar refractivity (Wildman–Crippen MR) is 239 cm³/mol. The fraction of sp³-hybridized carbons (Fsp3) is 0.435. The molecule has 344 valence electrons. The van der Waals surface area contributed by atoms with Gasteiger partial charge in [0.05, 0.1) is 92.7 Å². The molecule has 4 heterocycles. The van der Waals surface area contributed by atoms with Crippen molar-refractivity contribution in [3.63, 3.8) is 0 Å². The fourth-order valence-electron chi connectivity index (χ4n) is 8.35. The van der Waals surface area contributed by atoms with E-state index in [1.807, 2.05) is 0 Å². The van der Waals surface area contributed by atoms with Crippen LogP contribution in [0, 0.1) is 11.6 Å². The average molecular weight is 924 g/mol. The minimum Gasteiger partial charge on any atom is -0.465 e. The summed E-state index contributed by atoms with van der Waals surface area (Å²) in [7, 11) is -6.26. The number of likely N-dealkylation sites (tertiary alicyclic amines) is 2. The molecule has 4 aliphatic heterocycles. The Kier molecular flexibility index (Phi) is 15.5. The van der Waals surface area contributed by atoms with Gasteiger partial charge in [0, 0.05) is 16.7 Å². The van der Waals surface area contributed by atoms with Crippen LogP contribution in [0.5, 0.6) is 0 Å². The molecule has 2 N–H and O–H groups in total. The molecule has 0 radical (unpaired) electrons. The van der Waals surface area contributed by atoms with Crippen molar-refractivity contribution >= 4 is 43.2 Å². The van der Waals surface area contributed by atoms with Crippen molar-refractivity contribution in [3.05, 3.63) is 131 Å². The van der Waals surface area contributed by atoms with Gasteiger partial charge in [-0.25, -0.2) is 30.4 Å². The van der Waals surface area contributed by atoms with Crippen molar-refractivity contribution in [2.24, 2.45) is 5.73 Å². The van der Waals surface area contributed by atoms with Crippen LogP contribution in [-0.4, -0.2) is 127 Å². The van der Waals surface area contributed by atoms with Crippen molar-refractivity contribution < 1.29 is 49.4 Å². The van der Waals surface area contributed by atoms with E-state index in [1.165, 1.54) is 40.0 Å². The number of Topliss-reactive ketones (excluding diaryl/α,β-unsaturated/α-hetero) is 1. The van der Waals surface area contributed by atoms with E-state index < -0.39 is 48.2 Å². The van der Waals surface area contributed by atoms with E-state index in [-0.39, 0.29) is 47.7 Å². The summed E-state index contributed by atoms with van der Waals surface area (Å²) < 4.78 is 102. The number of rotatable bonds is 15. The number of para-hydroxylation sites is 2. The summed E-state index contributed by atoms with van der Waals surface area (Å²) in [6.07, 6.45) is 2.08. The molecule has 0 aliphatic carbocycles. The van der Waals surface area contributed by atoms with Crippen LogP contribution in [0.2, 0.25) is 0 Å². The molecule has 4 aromatic carbocycles. The number of benzene rings is 4. The Hall–Kier alpha value is -4.82. The van der Waals surface area contributed by atoms with Crippen LogP contribution >= 0.6 is 0 Å². The number of carbonyl (C=O) groups is 2. The number of methoxy groups -OCH3 is 1. The Morgan fingerprint density at radius 3 is 1.38 bits per heavy atom. The molecule has 8 rings (SSSR count). The molecule has 64 heavy (non-hydrogen) atoms. The first-order valence-corrected chi connectivity index (χ1v) is 24.5. The molecule has 0 atom stereocenters. The predicted octanol–water partition coefficient (Wildman–Crippen LogP) is 4.98. The van der Waals surface area contributed by atoms with Gasteiger partial charge in [0.25, 0.3) is 0 Å². The Balaban J connectivity index is 0.000000191. The van der Waals surface area contributed by atoms with Gasteiger partial charge in [-0.2, -0.15) is 0 Å². The van der Waals surface area contributed by atoms with Crippen LogP contribution in [0.3, 0.4) is 0 Å². The second-order valence-electron chi connectivity index (χ2n) is 16.4. The largest absolute Gasteiger partial charge is 0.465 e. The maximum atomic E-state index is 14.8. The molecule has 4 saturated heterocycles. The number of nitrogens with zero attached hydrogens (tertiary/aromatic N) is 4. The second-order valence-corrected chi connectivity index (χ2v) is 20.6. The zero-order valence-electron chi connectivity index (χ0n) is 35.8. The lowest BCUT2D eigenvalue weighted by atomic mass is 10.1. The van der Waals surface area contributed by atoms with Gasteiger partial charge < -0.3 is 19.9 Å². The molecule has 4 fully saturated rings. The van der Waals surface area contributed by atoms with Crippen molar-refractivity contribution in [2.45, 2.75) is 61.4 Å². The Bertz CT molecular complexity index is 2270. The molecule has 4 aromatic rings. The normalized spacial score (nSPS) is 18.2. The molecule has 14 nitrogen and oxygen atoms in total. The van der Waals surface area contributed by atoms with Crippen molar-refractivity contribution in [1.82, 2.24) is 9.80 Å². The number of ketones is 1. The summed E-state index contributed by atoms with van der Waals surface area (Å²) in [6, 6.07) is 26.3. The fourth-order valence-corrected chi connectivity index (χ4v) is 12.1. The molecular formula is C46H55F2N5O9S2. The standard InChI is InChI=1S/C23H28FN3O4S.C23H27FN2O5S/c24-22-12-17(23(28)13-25)6-7-18(22)14-27(19-4-2-1-3-5-19)32(29,30)21-8-10-26(11-9-21)20-15-31-16-20;1-30-23(27)17-7-8-18(22(24)13-17)14-26(19-5-3-2-4-6-19)32(28,29)21-9-11-25(12-10-21)20-15-31-16-20/h1-7,12,20-21H,8-11,13-16,25H2;2-8,13,20-21H,9-12,14-16H2,1H3. The minimum atomic E-state index is -3.74. The minimum absolute atomic E-state index is 0.0789. The van der Waals surface area contributed by atoms with E-state index >= 15 is 0 Å². The number of nitrogens with two attached hydrogens (primary N) is 1. The van der Waals surface area contributed by atoms with Crippen molar-refractivity contribution in [1.29, 1.82) is 0 Å². The molecular weight excluding hydrogens is 869 g/mol. The summed E-state index contributed by atoms with van der Waals surface area (Å²) in [6.45, 7) is 5.09. The number of sulfonamides is 2. The highest BCUT2D eigenvalue weighted by molar-refractivity contribution is 7.93. The van der Waals surface area contributed by atoms with Crippen LogP contribution in [0.15, 0.2) is 97.1 Å². The average Bonchev–Trinajstić information content (AvgIpc) is 3.27. The summed E-state index contributed by atoms with van der Waals surface area (Å²) in [5.74, 6) is -2.29. The van der Waals surface area contributed by atoms with E-state index in [0.717, 1.165) is 12.1 Å². The lowest BCUT2D eigenvalue weighted by molar-refractivity contribution is -0.0695. The van der Waals surface area contributed by atoms with Crippen LogP contribution in [0.25, 0.3) is 0 Å². The van der Waals surface area contributed by atoms with Gasteiger partial charge >= 0.3 is 5.97 Å². The topological polar surface area (TPSA) is 169 Å². The third kappa shape index (κ3) is 10.8. The molecule has 0 unspecified atom stereocenters. The quantitative estimate of drug-likeness (QED) is 0.126.